The van der Waals surface area contributed by atoms with Gasteiger partial charge in [-0.15, -0.1) is 5.10 Å². The zero-order valence-electron chi connectivity index (χ0n) is 12.7. The molecular formula is C17H13F2N3O2. The normalized spacial score (nSPS) is 10.6. The van der Waals surface area contributed by atoms with Crippen molar-refractivity contribution in [2.45, 2.75) is 6.54 Å². The summed E-state index contributed by atoms with van der Waals surface area (Å²) in [7, 11) is 1.26. The summed E-state index contributed by atoms with van der Waals surface area (Å²) < 4.78 is 32.9. The fraction of sp³-hybridized carbons (Fsp3) is 0.118. The number of halogens is 2. The average molecular weight is 329 g/mol. The van der Waals surface area contributed by atoms with E-state index in [0.717, 1.165) is 0 Å². The first-order valence-corrected chi connectivity index (χ1v) is 7.10. The predicted octanol–water partition coefficient (Wildman–Crippen LogP) is 3.06. The van der Waals surface area contributed by atoms with Crippen LogP contribution in [0, 0.1) is 11.6 Å². The van der Waals surface area contributed by atoms with E-state index >= 15 is 0 Å². The maximum absolute atomic E-state index is 13.5. The Hall–Kier alpha value is -3.09. The molecule has 0 atom stereocenters. The standard InChI is InChI=1S/C17H13F2N3O2/c1-24-15(23)10-22-17(12-5-3-7-14(19)9-12)20-16(21-22)11-4-2-6-13(18)8-11/h2-9H,10H2,1H3. The Kier molecular flexibility index (Phi) is 4.33. The maximum atomic E-state index is 13.5. The van der Waals surface area contributed by atoms with Gasteiger partial charge in [-0.25, -0.2) is 18.4 Å². The Morgan fingerprint density at radius 1 is 1.08 bits per heavy atom. The second kappa shape index (κ2) is 6.57. The van der Waals surface area contributed by atoms with E-state index < -0.39 is 17.6 Å². The zero-order chi connectivity index (χ0) is 17.1. The molecule has 0 saturated carbocycles. The fourth-order valence-electron chi connectivity index (χ4n) is 2.23. The lowest BCUT2D eigenvalue weighted by Gasteiger charge is -2.04. The molecule has 122 valence electrons. The molecule has 0 aliphatic rings. The molecule has 1 aromatic heterocycles. The third-order valence-electron chi connectivity index (χ3n) is 3.34. The minimum Gasteiger partial charge on any atom is -0.468 e. The van der Waals surface area contributed by atoms with Gasteiger partial charge in [0.05, 0.1) is 7.11 Å². The Bertz CT molecular complexity index is 893. The zero-order valence-corrected chi connectivity index (χ0v) is 12.7. The van der Waals surface area contributed by atoms with Crippen LogP contribution in [0.25, 0.3) is 22.8 Å². The van der Waals surface area contributed by atoms with Crippen molar-refractivity contribution in [3.8, 4) is 22.8 Å². The molecule has 5 nitrogen and oxygen atoms in total. The molecule has 0 spiro atoms. The van der Waals surface area contributed by atoms with E-state index in [1.165, 1.54) is 48.2 Å². The number of hydrogen-bond donors (Lipinski definition) is 0. The van der Waals surface area contributed by atoms with Gasteiger partial charge in [0.1, 0.15) is 18.2 Å². The summed E-state index contributed by atoms with van der Waals surface area (Å²) in [5, 5.41) is 4.23. The van der Waals surface area contributed by atoms with E-state index in [1.807, 2.05) is 0 Å². The average Bonchev–Trinajstić information content (AvgIpc) is 2.98. The van der Waals surface area contributed by atoms with Crippen molar-refractivity contribution in [3.05, 3.63) is 60.2 Å². The molecule has 7 heteroatoms. The van der Waals surface area contributed by atoms with Crippen molar-refractivity contribution in [2.24, 2.45) is 0 Å². The molecular weight excluding hydrogens is 316 g/mol. The van der Waals surface area contributed by atoms with Gasteiger partial charge in [-0.2, -0.15) is 0 Å². The fourth-order valence-corrected chi connectivity index (χ4v) is 2.23. The molecule has 0 N–H and O–H groups in total. The predicted molar refractivity (Wildman–Crippen MR) is 82.8 cm³/mol. The van der Waals surface area contributed by atoms with Crippen LogP contribution in [0.2, 0.25) is 0 Å². The van der Waals surface area contributed by atoms with Gasteiger partial charge in [-0.3, -0.25) is 4.79 Å². The Labute approximate surface area is 136 Å². The van der Waals surface area contributed by atoms with Crippen LogP contribution >= 0.6 is 0 Å². The monoisotopic (exact) mass is 329 g/mol. The highest BCUT2D eigenvalue weighted by Gasteiger charge is 2.16. The van der Waals surface area contributed by atoms with E-state index in [-0.39, 0.29) is 12.4 Å². The molecule has 3 rings (SSSR count). The number of methoxy groups -OCH3 is 1. The van der Waals surface area contributed by atoms with Crippen molar-refractivity contribution in [3.63, 3.8) is 0 Å². The number of aromatic nitrogens is 3. The summed E-state index contributed by atoms with van der Waals surface area (Å²) in [6.45, 7) is -0.190. The van der Waals surface area contributed by atoms with E-state index in [1.54, 1.807) is 12.1 Å². The minimum absolute atomic E-state index is 0.190. The van der Waals surface area contributed by atoms with Gasteiger partial charge in [0.25, 0.3) is 0 Å². The maximum Gasteiger partial charge on any atom is 0.327 e. The molecule has 2 aromatic carbocycles. The summed E-state index contributed by atoms with van der Waals surface area (Å²) in [6, 6.07) is 11.5. The molecule has 0 radical (unpaired) electrons. The summed E-state index contributed by atoms with van der Waals surface area (Å²) in [5.74, 6) is -0.864. The number of carbonyl (C=O) groups excluding carboxylic acids is 1. The van der Waals surface area contributed by atoms with Gasteiger partial charge >= 0.3 is 5.97 Å². The van der Waals surface area contributed by atoms with Crippen molar-refractivity contribution in [2.75, 3.05) is 7.11 Å². The third-order valence-corrected chi connectivity index (χ3v) is 3.34. The number of carbonyl (C=O) groups is 1. The second-order valence-electron chi connectivity index (χ2n) is 5.01. The molecule has 0 aliphatic heterocycles. The first kappa shape index (κ1) is 15.8. The number of benzene rings is 2. The third kappa shape index (κ3) is 3.29. The van der Waals surface area contributed by atoms with Crippen LogP contribution in [0.1, 0.15) is 0 Å². The van der Waals surface area contributed by atoms with Gasteiger partial charge in [-0.1, -0.05) is 24.3 Å². The van der Waals surface area contributed by atoms with Crippen molar-refractivity contribution < 1.29 is 18.3 Å². The van der Waals surface area contributed by atoms with E-state index in [2.05, 4.69) is 14.8 Å². The number of hydrogen-bond acceptors (Lipinski definition) is 4. The minimum atomic E-state index is -0.525. The van der Waals surface area contributed by atoms with E-state index in [0.29, 0.717) is 17.0 Å². The Balaban J connectivity index is 2.10. The molecule has 0 aliphatic carbocycles. The summed E-state index contributed by atoms with van der Waals surface area (Å²) in [5.41, 5.74) is 0.908. The first-order chi connectivity index (χ1) is 11.6. The second-order valence-corrected chi connectivity index (χ2v) is 5.01. The number of ether oxygens (including phenoxy) is 1. The van der Waals surface area contributed by atoms with Gasteiger partial charge in [0.2, 0.25) is 0 Å². The van der Waals surface area contributed by atoms with Crippen LogP contribution in [-0.2, 0) is 16.1 Å². The number of rotatable bonds is 4. The van der Waals surface area contributed by atoms with E-state index in [9.17, 15) is 13.6 Å². The van der Waals surface area contributed by atoms with Crippen LogP contribution in [0.4, 0.5) is 8.78 Å². The highest BCUT2D eigenvalue weighted by atomic mass is 19.1. The van der Waals surface area contributed by atoms with Crippen molar-refractivity contribution in [1.82, 2.24) is 14.8 Å². The smallest absolute Gasteiger partial charge is 0.327 e. The van der Waals surface area contributed by atoms with Gasteiger partial charge < -0.3 is 4.74 Å². The molecule has 24 heavy (non-hydrogen) atoms. The van der Waals surface area contributed by atoms with Crippen LogP contribution in [0.5, 0.6) is 0 Å². The summed E-state index contributed by atoms with van der Waals surface area (Å²) in [4.78, 5) is 15.9. The summed E-state index contributed by atoms with van der Waals surface area (Å²) in [6.07, 6.45) is 0. The van der Waals surface area contributed by atoms with Crippen LogP contribution < -0.4 is 0 Å². The molecule has 0 fully saturated rings. The number of nitrogens with zero attached hydrogens (tertiary/aromatic N) is 3. The molecule has 3 aromatic rings. The number of esters is 1. The van der Waals surface area contributed by atoms with Crippen molar-refractivity contribution in [1.29, 1.82) is 0 Å². The summed E-state index contributed by atoms with van der Waals surface area (Å²) >= 11 is 0. The SMILES string of the molecule is COC(=O)Cn1nc(-c2cccc(F)c2)nc1-c1cccc(F)c1. The molecule has 0 saturated heterocycles. The molecule has 1 heterocycles. The van der Waals surface area contributed by atoms with Crippen LogP contribution in [-0.4, -0.2) is 27.8 Å². The largest absolute Gasteiger partial charge is 0.468 e. The molecule has 0 amide bonds. The van der Waals surface area contributed by atoms with Crippen LogP contribution in [0.15, 0.2) is 48.5 Å². The van der Waals surface area contributed by atoms with E-state index in [4.69, 9.17) is 0 Å². The molecule has 0 unspecified atom stereocenters. The van der Waals surface area contributed by atoms with Gasteiger partial charge in [-0.05, 0) is 24.3 Å². The Morgan fingerprint density at radius 2 is 1.71 bits per heavy atom. The Morgan fingerprint density at radius 3 is 2.33 bits per heavy atom. The lowest BCUT2D eigenvalue weighted by atomic mass is 10.2. The highest BCUT2D eigenvalue weighted by molar-refractivity contribution is 5.70. The van der Waals surface area contributed by atoms with Crippen LogP contribution in [0.3, 0.4) is 0 Å². The molecule has 0 bridgehead atoms. The van der Waals surface area contributed by atoms with Crippen molar-refractivity contribution >= 4 is 5.97 Å². The topological polar surface area (TPSA) is 57.0 Å². The van der Waals surface area contributed by atoms with Gasteiger partial charge in [0.15, 0.2) is 11.6 Å². The lowest BCUT2D eigenvalue weighted by molar-refractivity contribution is -0.141. The van der Waals surface area contributed by atoms with Gasteiger partial charge in [0, 0.05) is 11.1 Å². The lowest BCUT2D eigenvalue weighted by Crippen LogP contribution is -2.14. The highest BCUT2D eigenvalue weighted by Crippen LogP contribution is 2.23. The quantitative estimate of drug-likeness (QED) is 0.690. The first-order valence-electron chi connectivity index (χ1n) is 7.10.